The summed E-state index contributed by atoms with van der Waals surface area (Å²) in [5, 5.41) is 6.40. The van der Waals surface area contributed by atoms with Crippen molar-refractivity contribution in [2.24, 2.45) is 5.41 Å². The summed E-state index contributed by atoms with van der Waals surface area (Å²) in [6, 6.07) is 14.9. The Morgan fingerprint density at radius 1 is 0.963 bits per heavy atom. The molecule has 140 valence electrons. The Balaban J connectivity index is 1.95. The number of anilines is 2. The first kappa shape index (κ1) is 18.7. The maximum absolute atomic E-state index is 12.8. The van der Waals surface area contributed by atoms with Crippen LogP contribution < -0.4 is 10.6 Å². The van der Waals surface area contributed by atoms with E-state index in [1.807, 2.05) is 63.2 Å². The van der Waals surface area contributed by atoms with Crippen molar-refractivity contribution in [1.29, 1.82) is 0 Å². The molecule has 0 aliphatic heterocycles. The van der Waals surface area contributed by atoms with Crippen LogP contribution >= 0.6 is 0 Å². The van der Waals surface area contributed by atoms with Gasteiger partial charge in [0, 0.05) is 16.5 Å². The topological polar surface area (TPSA) is 71.3 Å². The van der Waals surface area contributed by atoms with Crippen molar-refractivity contribution in [3.05, 3.63) is 59.9 Å². The summed E-state index contributed by atoms with van der Waals surface area (Å²) >= 11 is 0. The van der Waals surface area contributed by atoms with E-state index in [-0.39, 0.29) is 11.7 Å². The predicted octanol–water partition coefficient (Wildman–Crippen LogP) is 5.23. The highest BCUT2D eigenvalue weighted by Crippen LogP contribution is 2.32. The fourth-order valence-corrected chi connectivity index (χ4v) is 2.64. The maximum atomic E-state index is 12.8. The molecule has 2 aromatic carbocycles. The Bertz CT molecular complexity index is 979. The lowest BCUT2D eigenvalue weighted by atomic mass is 9.95. The van der Waals surface area contributed by atoms with E-state index in [9.17, 15) is 9.59 Å². The van der Waals surface area contributed by atoms with E-state index in [1.165, 1.54) is 5.56 Å². The Labute approximate surface area is 158 Å². The summed E-state index contributed by atoms with van der Waals surface area (Å²) in [5.41, 5.74) is 2.21. The molecule has 0 aliphatic carbocycles. The summed E-state index contributed by atoms with van der Waals surface area (Å²) in [7, 11) is 0. The second kappa shape index (κ2) is 7.27. The van der Waals surface area contributed by atoms with Crippen LogP contribution in [0.15, 0.2) is 52.9 Å². The number of carbonyl (C=O) groups excluding carboxylic acids is 2. The van der Waals surface area contributed by atoms with Gasteiger partial charge in [0.15, 0.2) is 0 Å². The van der Waals surface area contributed by atoms with Gasteiger partial charge in [0.2, 0.25) is 11.7 Å². The predicted molar refractivity (Wildman–Crippen MR) is 108 cm³/mol. The van der Waals surface area contributed by atoms with Crippen molar-refractivity contribution in [1.82, 2.24) is 0 Å². The van der Waals surface area contributed by atoms with Gasteiger partial charge in [-0.15, -0.1) is 0 Å². The summed E-state index contributed by atoms with van der Waals surface area (Å²) in [4.78, 5) is 25.3. The number of benzene rings is 2. The van der Waals surface area contributed by atoms with Gasteiger partial charge in [-0.05, 0) is 36.2 Å². The number of furan rings is 1. The van der Waals surface area contributed by atoms with Crippen molar-refractivity contribution in [3.8, 4) is 0 Å². The van der Waals surface area contributed by atoms with Crippen LogP contribution in [0.1, 0.15) is 43.8 Å². The standard InChI is InChI=1S/C22H24N2O3/c1-5-14-10-12-15(13-11-14)23-20(25)19-18(24-21(26)22(2,3)4)16-8-6-7-9-17(16)27-19/h6-13H,5H2,1-4H3,(H,23,25)(H,24,26). The average molecular weight is 364 g/mol. The van der Waals surface area contributed by atoms with Crippen LogP contribution in [-0.4, -0.2) is 11.8 Å². The van der Waals surface area contributed by atoms with Crippen molar-refractivity contribution in [3.63, 3.8) is 0 Å². The van der Waals surface area contributed by atoms with Gasteiger partial charge in [-0.2, -0.15) is 0 Å². The molecule has 1 aromatic heterocycles. The van der Waals surface area contributed by atoms with Gasteiger partial charge in [0.25, 0.3) is 5.91 Å². The van der Waals surface area contributed by atoms with Crippen LogP contribution in [0.25, 0.3) is 11.0 Å². The van der Waals surface area contributed by atoms with Gasteiger partial charge in [0.1, 0.15) is 11.3 Å². The zero-order chi connectivity index (χ0) is 19.6. The maximum Gasteiger partial charge on any atom is 0.293 e. The Kier molecular flexibility index (Phi) is 5.04. The molecule has 0 unspecified atom stereocenters. The molecule has 5 heteroatoms. The Hall–Kier alpha value is -3.08. The monoisotopic (exact) mass is 364 g/mol. The molecular weight excluding hydrogens is 340 g/mol. The third-order valence-corrected chi connectivity index (χ3v) is 4.34. The zero-order valence-electron chi connectivity index (χ0n) is 16.1. The Morgan fingerprint density at radius 2 is 1.63 bits per heavy atom. The fraction of sp³-hybridized carbons (Fsp3) is 0.273. The molecule has 0 saturated carbocycles. The van der Waals surface area contributed by atoms with E-state index in [4.69, 9.17) is 4.42 Å². The number of fused-ring (bicyclic) bond motifs is 1. The van der Waals surface area contributed by atoms with Crippen molar-refractivity contribution >= 4 is 34.2 Å². The molecule has 27 heavy (non-hydrogen) atoms. The summed E-state index contributed by atoms with van der Waals surface area (Å²) in [6.45, 7) is 7.53. The van der Waals surface area contributed by atoms with Crippen molar-refractivity contribution in [2.45, 2.75) is 34.1 Å². The molecule has 0 saturated heterocycles. The van der Waals surface area contributed by atoms with Gasteiger partial charge in [-0.25, -0.2) is 0 Å². The quantitative estimate of drug-likeness (QED) is 0.666. The number of rotatable bonds is 4. The molecule has 0 aliphatic rings. The molecule has 3 aromatic rings. The highest BCUT2D eigenvalue weighted by molar-refractivity contribution is 6.15. The van der Waals surface area contributed by atoms with Gasteiger partial charge >= 0.3 is 0 Å². The Morgan fingerprint density at radius 3 is 2.26 bits per heavy atom. The summed E-state index contributed by atoms with van der Waals surface area (Å²) < 4.78 is 5.76. The lowest BCUT2D eigenvalue weighted by Crippen LogP contribution is -2.28. The van der Waals surface area contributed by atoms with Crippen LogP contribution in [0.5, 0.6) is 0 Å². The van der Waals surface area contributed by atoms with Gasteiger partial charge in [0.05, 0.1) is 0 Å². The lowest BCUT2D eigenvalue weighted by molar-refractivity contribution is -0.123. The number of para-hydroxylation sites is 1. The lowest BCUT2D eigenvalue weighted by Gasteiger charge is -2.17. The minimum atomic E-state index is -0.595. The largest absolute Gasteiger partial charge is 0.449 e. The normalized spacial score (nSPS) is 11.4. The van der Waals surface area contributed by atoms with E-state index in [0.29, 0.717) is 22.3 Å². The van der Waals surface area contributed by atoms with E-state index >= 15 is 0 Å². The SMILES string of the molecule is CCc1ccc(NC(=O)c2oc3ccccc3c2NC(=O)C(C)(C)C)cc1. The molecule has 1 heterocycles. The van der Waals surface area contributed by atoms with Crippen LogP contribution in [-0.2, 0) is 11.2 Å². The second-order valence-electron chi connectivity index (χ2n) is 7.51. The number of carbonyl (C=O) groups is 2. The van der Waals surface area contributed by atoms with Crippen LogP contribution in [0.2, 0.25) is 0 Å². The molecule has 0 bridgehead atoms. The fourth-order valence-electron chi connectivity index (χ4n) is 2.64. The number of nitrogens with one attached hydrogen (secondary N) is 2. The smallest absolute Gasteiger partial charge is 0.293 e. The van der Waals surface area contributed by atoms with E-state index < -0.39 is 11.3 Å². The summed E-state index contributed by atoms with van der Waals surface area (Å²) in [6.07, 6.45) is 0.931. The van der Waals surface area contributed by atoms with Crippen LogP contribution in [0.3, 0.4) is 0 Å². The molecular formula is C22H24N2O3. The van der Waals surface area contributed by atoms with Crippen molar-refractivity contribution < 1.29 is 14.0 Å². The minimum absolute atomic E-state index is 0.0911. The number of aryl methyl sites for hydroxylation is 1. The van der Waals surface area contributed by atoms with E-state index in [0.717, 1.165) is 6.42 Å². The molecule has 0 radical (unpaired) electrons. The number of hydrogen-bond donors (Lipinski definition) is 2. The van der Waals surface area contributed by atoms with Gasteiger partial charge < -0.3 is 15.1 Å². The molecule has 3 rings (SSSR count). The third kappa shape index (κ3) is 4.03. The average Bonchev–Trinajstić information content (AvgIpc) is 3.00. The van der Waals surface area contributed by atoms with Crippen LogP contribution in [0.4, 0.5) is 11.4 Å². The highest BCUT2D eigenvalue weighted by Gasteiger charge is 2.27. The molecule has 0 spiro atoms. The highest BCUT2D eigenvalue weighted by atomic mass is 16.3. The van der Waals surface area contributed by atoms with Crippen molar-refractivity contribution in [2.75, 3.05) is 10.6 Å². The van der Waals surface area contributed by atoms with E-state index in [1.54, 1.807) is 6.07 Å². The van der Waals surface area contributed by atoms with Crippen LogP contribution in [0, 0.1) is 5.41 Å². The van der Waals surface area contributed by atoms with Gasteiger partial charge in [-0.1, -0.05) is 52.0 Å². The molecule has 2 N–H and O–H groups in total. The number of amides is 2. The number of hydrogen-bond acceptors (Lipinski definition) is 3. The first-order valence-corrected chi connectivity index (χ1v) is 9.03. The second-order valence-corrected chi connectivity index (χ2v) is 7.51. The first-order valence-electron chi connectivity index (χ1n) is 9.03. The summed E-state index contributed by atoms with van der Waals surface area (Å²) in [5.74, 6) is -0.497. The molecule has 2 amide bonds. The van der Waals surface area contributed by atoms with E-state index in [2.05, 4.69) is 17.6 Å². The molecule has 0 atom stereocenters. The zero-order valence-corrected chi connectivity index (χ0v) is 16.1. The minimum Gasteiger partial charge on any atom is -0.449 e. The first-order chi connectivity index (χ1) is 12.8. The molecule has 5 nitrogen and oxygen atoms in total. The molecule has 0 fully saturated rings. The third-order valence-electron chi connectivity index (χ3n) is 4.34. The van der Waals surface area contributed by atoms with Gasteiger partial charge in [-0.3, -0.25) is 9.59 Å².